The van der Waals surface area contributed by atoms with Crippen LogP contribution in [-0.4, -0.2) is 19.3 Å². The van der Waals surface area contributed by atoms with E-state index in [0.717, 1.165) is 5.56 Å². The van der Waals surface area contributed by atoms with Gasteiger partial charge < -0.3 is 14.7 Å². The second-order valence-electron chi connectivity index (χ2n) is 5.50. The van der Waals surface area contributed by atoms with Crippen LogP contribution in [0.25, 0.3) is 0 Å². The summed E-state index contributed by atoms with van der Waals surface area (Å²) in [6.07, 6.45) is 0. The largest absolute Gasteiger partial charge is 0.507 e. The van der Waals surface area contributed by atoms with Gasteiger partial charge in [0.15, 0.2) is 0 Å². The Morgan fingerprint density at radius 3 is 2.38 bits per heavy atom. The molecule has 2 aromatic carbocycles. The lowest BCUT2D eigenvalue weighted by Crippen LogP contribution is -2.22. The predicted octanol–water partition coefficient (Wildman–Crippen LogP) is 4.22. The maximum absolute atomic E-state index is 10.2. The van der Waals surface area contributed by atoms with Crippen molar-refractivity contribution in [2.45, 2.75) is 26.8 Å². The van der Waals surface area contributed by atoms with Crippen molar-refractivity contribution in [2.24, 2.45) is 0 Å². The molecule has 0 aromatic heterocycles. The molecule has 0 aliphatic carbocycles. The summed E-state index contributed by atoms with van der Waals surface area (Å²) in [4.78, 5) is 2.18. The van der Waals surface area contributed by atoms with Crippen LogP contribution in [0.2, 0.25) is 0 Å². The molecule has 3 nitrogen and oxygen atoms in total. The van der Waals surface area contributed by atoms with Crippen molar-refractivity contribution in [3.05, 3.63) is 53.1 Å². The molecule has 2 rings (SSSR count). The number of aryl methyl sites for hydroxylation is 2. The number of rotatable bonds is 4. The number of phenolic OH excluding ortho intramolecular Hbond substituents is 1. The Labute approximate surface area is 126 Å². The van der Waals surface area contributed by atoms with Gasteiger partial charge in [-0.1, -0.05) is 17.7 Å². The number of hydrogen-bond donors (Lipinski definition) is 1. The molecule has 2 aromatic rings. The quantitative estimate of drug-likeness (QED) is 0.913. The highest BCUT2D eigenvalue weighted by atomic mass is 16.5. The van der Waals surface area contributed by atoms with Gasteiger partial charge >= 0.3 is 0 Å². The Hall–Kier alpha value is -2.16. The number of benzene rings is 2. The van der Waals surface area contributed by atoms with Crippen molar-refractivity contribution in [3.8, 4) is 11.5 Å². The molecule has 0 saturated heterocycles. The van der Waals surface area contributed by atoms with Crippen LogP contribution in [-0.2, 0) is 0 Å². The molecule has 1 atom stereocenters. The third kappa shape index (κ3) is 3.13. The summed E-state index contributed by atoms with van der Waals surface area (Å²) in [5, 5.41) is 10.2. The highest BCUT2D eigenvalue weighted by Gasteiger charge is 2.17. The van der Waals surface area contributed by atoms with Crippen molar-refractivity contribution in [2.75, 3.05) is 19.1 Å². The average molecular weight is 285 g/mol. The molecule has 0 fully saturated rings. The minimum absolute atomic E-state index is 0.0670. The molecule has 0 spiro atoms. The van der Waals surface area contributed by atoms with Crippen molar-refractivity contribution >= 4 is 5.69 Å². The second kappa shape index (κ2) is 6.08. The Morgan fingerprint density at radius 1 is 1.10 bits per heavy atom. The average Bonchev–Trinajstić information content (AvgIpc) is 2.45. The van der Waals surface area contributed by atoms with Gasteiger partial charge in [-0.3, -0.25) is 0 Å². The van der Waals surface area contributed by atoms with E-state index in [2.05, 4.69) is 43.9 Å². The summed E-state index contributed by atoms with van der Waals surface area (Å²) in [6.45, 7) is 6.29. The SMILES string of the molecule is COc1ccc(C(C)N(C)c2ccc(C)cc2C)c(O)c1. The van der Waals surface area contributed by atoms with Crippen molar-refractivity contribution in [1.29, 1.82) is 0 Å². The molecule has 0 aliphatic heterocycles. The molecule has 0 saturated carbocycles. The lowest BCUT2D eigenvalue weighted by Gasteiger charge is -2.29. The summed E-state index contributed by atoms with van der Waals surface area (Å²) in [5.74, 6) is 0.927. The fourth-order valence-electron chi connectivity index (χ4n) is 2.62. The number of phenols is 1. The van der Waals surface area contributed by atoms with E-state index in [9.17, 15) is 5.11 Å². The molecule has 1 N–H and O–H groups in total. The zero-order valence-corrected chi connectivity index (χ0v) is 13.3. The van der Waals surface area contributed by atoms with Gasteiger partial charge in [-0.25, -0.2) is 0 Å². The summed E-state index contributed by atoms with van der Waals surface area (Å²) >= 11 is 0. The van der Waals surface area contributed by atoms with E-state index in [1.54, 1.807) is 13.2 Å². The van der Waals surface area contributed by atoms with Crippen LogP contribution < -0.4 is 9.64 Å². The Kier molecular flexibility index (Phi) is 4.41. The first-order valence-electron chi connectivity index (χ1n) is 7.11. The molecular weight excluding hydrogens is 262 g/mol. The fourth-order valence-corrected chi connectivity index (χ4v) is 2.62. The van der Waals surface area contributed by atoms with E-state index in [0.29, 0.717) is 5.75 Å². The number of hydrogen-bond acceptors (Lipinski definition) is 3. The van der Waals surface area contributed by atoms with E-state index < -0.39 is 0 Å². The monoisotopic (exact) mass is 285 g/mol. The number of methoxy groups -OCH3 is 1. The van der Waals surface area contributed by atoms with Gasteiger partial charge in [-0.15, -0.1) is 0 Å². The van der Waals surface area contributed by atoms with Crippen LogP contribution >= 0.6 is 0 Å². The molecule has 112 valence electrons. The van der Waals surface area contributed by atoms with Gasteiger partial charge in [0.1, 0.15) is 11.5 Å². The third-order valence-electron chi connectivity index (χ3n) is 4.00. The van der Waals surface area contributed by atoms with Crippen LogP contribution in [0, 0.1) is 13.8 Å². The molecule has 1 unspecified atom stereocenters. The molecule has 0 bridgehead atoms. The van der Waals surface area contributed by atoms with Gasteiger partial charge in [0, 0.05) is 24.4 Å². The van der Waals surface area contributed by atoms with Crippen molar-refractivity contribution in [1.82, 2.24) is 0 Å². The minimum atomic E-state index is 0.0670. The fraction of sp³-hybridized carbons (Fsp3) is 0.333. The molecule has 21 heavy (non-hydrogen) atoms. The Morgan fingerprint density at radius 2 is 1.81 bits per heavy atom. The van der Waals surface area contributed by atoms with E-state index in [4.69, 9.17) is 4.74 Å². The molecule has 0 radical (unpaired) electrons. The van der Waals surface area contributed by atoms with Crippen LogP contribution in [0.4, 0.5) is 5.69 Å². The molecule has 0 heterocycles. The highest BCUT2D eigenvalue weighted by Crippen LogP contribution is 2.34. The predicted molar refractivity (Wildman–Crippen MR) is 87.4 cm³/mol. The topological polar surface area (TPSA) is 32.7 Å². The Bertz CT molecular complexity index is 637. The van der Waals surface area contributed by atoms with E-state index in [-0.39, 0.29) is 11.8 Å². The van der Waals surface area contributed by atoms with Crippen LogP contribution in [0.5, 0.6) is 11.5 Å². The minimum Gasteiger partial charge on any atom is -0.507 e. The second-order valence-corrected chi connectivity index (χ2v) is 5.50. The van der Waals surface area contributed by atoms with Crippen LogP contribution in [0.3, 0.4) is 0 Å². The van der Waals surface area contributed by atoms with Gasteiger partial charge in [-0.05, 0) is 44.5 Å². The zero-order chi connectivity index (χ0) is 15.6. The lowest BCUT2D eigenvalue weighted by molar-refractivity contribution is 0.405. The van der Waals surface area contributed by atoms with Gasteiger partial charge in [0.25, 0.3) is 0 Å². The number of aromatic hydroxyl groups is 1. The molecule has 0 aliphatic rings. The maximum atomic E-state index is 10.2. The third-order valence-corrected chi connectivity index (χ3v) is 4.00. The van der Waals surface area contributed by atoms with E-state index in [1.165, 1.54) is 16.8 Å². The number of nitrogens with zero attached hydrogens (tertiary/aromatic N) is 1. The summed E-state index contributed by atoms with van der Waals surface area (Å²) < 4.78 is 5.13. The zero-order valence-electron chi connectivity index (χ0n) is 13.3. The summed E-state index contributed by atoms with van der Waals surface area (Å²) in [7, 11) is 3.64. The van der Waals surface area contributed by atoms with Crippen molar-refractivity contribution < 1.29 is 9.84 Å². The van der Waals surface area contributed by atoms with Crippen molar-refractivity contribution in [3.63, 3.8) is 0 Å². The van der Waals surface area contributed by atoms with E-state index in [1.807, 2.05) is 19.2 Å². The molecule has 3 heteroatoms. The normalized spacial score (nSPS) is 12.0. The van der Waals surface area contributed by atoms with E-state index >= 15 is 0 Å². The smallest absolute Gasteiger partial charge is 0.124 e. The lowest BCUT2D eigenvalue weighted by atomic mass is 10.0. The number of anilines is 1. The van der Waals surface area contributed by atoms with Gasteiger partial charge in [0.05, 0.1) is 13.2 Å². The van der Waals surface area contributed by atoms with Crippen LogP contribution in [0.1, 0.15) is 29.7 Å². The van der Waals surface area contributed by atoms with Gasteiger partial charge in [-0.2, -0.15) is 0 Å². The van der Waals surface area contributed by atoms with Gasteiger partial charge in [0.2, 0.25) is 0 Å². The first kappa shape index (κ1) is 15.2. The highest BCUT2D eigenvalue weighted by molar-refractivity contribution is 5.56. The molecule has 0 amide bonds. The maximum Gasteiger partial charge on any atom is 0.124 e. The first-order valence-corrected chi connectivity index (χ1v) is 7.11. The Balaban J connectivity index is 2.32. The summed E-state index contributed by atoms with van der Waals surface area (Å²) in [6, 6.07) is 11.9. The molecular formula is C18H23NO2. The first-order chi connectivity index (χ1) is 9.93. The summed E-state index contributed by atoms with van der Waals surface area (Å²) in [5.41, 5.74) is 4.54. The number of ether oxygens (including phenoxy) is 1. The standard InChI is InChI=1S/C18H23NO2/c1-12-6-9-17(13(2)10-12)19(4)14(3)16-8-7-15(21-5)11-18(16)20/h6-11,14,20H,1-5H3. The van der Waals surface area contributed by atoms with Crippen LogP contribution in [0.15, 0.2) is 36.4 Å².